The van der Waals surface area contributed by atoms with Gasteiger partial charge in [0.15, 0.2) is 5.76 Å². The van der Waals surface area contributed by atoms with E-state index in [0.717, 1.165) is 25.7 Å². The molecule has 0 unspecified atom stereocenters. The molecule has 2 N–H and O–H groups in total. The molecule has 0 aromatic carbocycles. The largest absolute Gasteiger partial charge is 0.459 e. The quantitative estimate of drug-likeness (QED) is 0.691. The Bertz CT molecular complexity index is 480. The summed E-state index contributed by atoms with van der Waals surface area (Å²) in [5.74, 6) is 1.49. The van der Waals surface area contributed by atoms with E-state index in [1.165, 1.54) is 38.5 Å². The first-order valence-electron chi connectivity index (χ1n) is 10.6. The fraction of sp³-hybridized carbons (Fsp3) is 0.857. The van der Waals surface area contributed by atoms with Crippen molar-refractivity contribution in [2.24, 2.45) is 17.8 Å². The van der Waals surface area contributed by atoms with Crippen LogP contribution in [-0.2, 0) is 14.3 Å². The molecule has 5 nitrogen and oxygen atoms in total. The van der Waals surface area contributed by atoms with Crippen molar-refractivity contribution in [2.45, 2.75) is 83.5 Å². The van der Waals surface area contributed by atoms with Crippen molar-refractivity contribution in [1.29, 1.82) is 0 Å². The average molecular weight is 366 g/mol. The average Bonchev–Trinajstić information content (AvgIpc) is 3.34. The van der Waals surface area contributed by atoms with E-state index in [1.54, 1.807) is 0 Å². The second-order valence-electron chi connectivity index (χ2n) is 8.08. The maximum absolute atomic E-state index is 12.8. The molecule has 0 aromatic rings. The third-order valence-corrected chi connectivity index (χ3v) is 6.32. The number of aliphatic hydroxyl groups excluding tert-OH is 1. The van der Waals surface area contributed by atoms with Crippen LogP contribution in [0.25, 0.3) is 0 Å². The van der Waals surface area contributed by atoms with Gasteiger partial charge < -0.3 is 19.9 Å². The number of ether oxygens (including phenoxy) is 2. The van der Waals surface area contributed by atoms with E-state index < -0.39 is 0 Å². The summed E-state index contributed by atoms with van der Waals surface area (Å²) >= 11 is 0. The third-order valence-electron chi connectivity index (χ3n) is 6.32. The van der Waals surface area contributed by atoms with Crippen molar-refractivity contribution in [3.8, 4) is 0 Å². The van der Waals surface area contributed by atoms with Gasteiger partial charge in [-0.3, -0.25) is 4.79 Å². The summed E-state index contributed by atoms with van der Waals surface area (Å²) in [6, 6.07) is 0.287. The van der Waals surface area contributed by atoms with Gasteiger partial charge in [-0.25, -0.2) is 0 Å². The number of carbonyl (C=O) groups is 1. The molecule has 0 saturated heterocycles. The molecule has 26 heavy (non-hydrogen) atoms. The predicted octanol–water partition coefficient (Wildman–Crippen LogP) is 3.52. The van der Waals surface area contributed by atoms with Crippen LogP contribution in [0.4, 0.5) is 0 Å². The molecule has 3 rings (SSSR count). The van der Waals surface area contributed by atoms with E-state index in [0.29, 0.717) is 24.2 Å². The van der Waals surface area contributed by atoms with E-state index in [-0.39, 0.29) is 30.8 Å². The Balaban J connectivity index is 1.77. The lowest BCUT2D eigenvalue weighted by Crippen LogP contribution is -2.43. The highest BCUT2D eigenvalue weighted by atomic mass is 16.7. The van der Waals surface area contributed by atoms with Gasteiger partial charge in [-0.2, -0.15) is 0 Å². The van der Waals surface area contributed by atoms with Crippen LogP contribution in [0, 0.1) is 17.8 Å². The number of hydrogen-bond acceptors (Lipinski definition) is 4. The first-order valence-corrected chi connectivity index (χ1v) is 10.6. The summed E-state index contributed by atoms with van der Waals surface area (Å²) in [5.41, 5.74) is 0. The van der Waals surface area contributed by atoms with E-state index in [1.807, 2.05) is 6.92 Å². The molecule has 2 saturated carbocycles. The first-order chi connectivity index (χ1) is 12.7. The van der Waals surface area contributed by atoms with Gasteiger partial charge in [0.05, 0.1) is 0 Å². The van der Waals surface area contributed by atoms with E-state index in [2.05, 4.69) is 11.4 Å². The molecule has 3 atom stereocenters. The van der Waals surface area contributed by atoms with Gasteiger partial charge in [-0.05, 0) is 63.4 Å². The van der Waals surface area contributed by atoms with Crippen molar-refractivity contribution in [3.05, 3.63) is 11.8 Å². The number of hydrogen-bond donors (Lipinski definition) is 2. The molecule has 1 aliphatic heterocycles. The number of rotatable bonds is 8. The number of allylic oxidation sites excluding steroid dienone is 1. The summed E-state index contributed by atoms with van der Waals surface area (Å²) in [4.78, 5) is 12.8. The number of amides is 1. The molecular formula is C21H35NO4. The molecule has 0 radical (unpaired) electrons. The summed E-state index contributed by atoms with van der Waals surface area (Å²) < 4.78 is 12.0. The van der Waals surface area contributed by atoms with Crippen LogP contribution in [0.2, 0.25) is 0 Å². The Kier molecular flexibility index (Phi) is 7.38. The number of nitrogens with one attached hydrogen (secondary N) is 1. The topological polar surface area (TPSA) is 67.8 Å². The lowest BCUT2D eigenvalue weighted by Gasteiger charge is -2.39. The molecule has 0 bridgehead atoms. The SMILES string of the molecule is CCO[C@@H]1OC(C(=O)NC2CCCC2)=C[C@H](C2CCCC2)[C@H]1CCCO. The van der Waals surface area contributed by atoms with Gasteiger partial charge in [-0.15, -0.1) is 0 Å². The monoisotopic (exact) mass is 365 g/mol. The summed E-state index contributed by atoms with van der Waals surface area (Å²) in [5, 5.41) is 12.5. The van der Waals surface area contributed by atoms with Gasteiger partial charge in [0.1, 0.15) is 0 Å². The zero-order chi connectivity index (χ0) is 18.4. The predicted molar refractivity (Wildman–Crippen MR) is 100 cm³/mol. The number of aliphatic hydroxyl groups is 1. The summed E-state index contributed by atoms with van der Waals surface area (Å²) in [6.45, 7) is 2.72. The van der Waals surface area contributed by atoms with E-state index >= 15 is 0 Å². The smallest absolute Gasteiger partial charge is 0.286 e. The molecule has 148 valence electrons. The number of carbonyl (C=O) groups excluding carboxylic acids is 1. The standard InChI is InChI=1S/C21H35NO4/c1-2-25-21-17(12-7-13-23)18(15-8-3-4-9-15)14-19(26-21)20(24)22-16-10-5-6-11-16/h14-18,21,23H,2-13H2,1H3,(H,22,24)/t17-,18-,21-/m1/s1. The zero-order valence-electron chi connectivity index (χ0n) is 16.1. The zero-order valence-corrected chi connectivity index (χ0v) is 16.1. The normalized spacial score (nSPS) is 30.2. The van der Waals surface area contributed by atoms with Gasteiger partial charge >= 0.3 is 0 Å². The summed E-state index contributed by atoms with van der Waals surface area (Å²) in [7, 11) is 0. The Morgan fingerprint density at radius 1 is 1.23 bits per heavy atom. The minimum atomic E-state index is -0.383. The highest BCUT2D eigenvalue weighted by molar-refractivity contribution is 5.91. The van der Waals surface area contributed by atoms with Crippen LogP contribution < -0.4 is 5.32 Å². The molecule has 1 heterocycles. The Hall–Kier alpha value is -1.07. The van der Waals surface area contributed by atoms with E-state index in [9.17, 15) is 9.90 Å². The van der Waals surface area contributed by atoms with Crippen LogP contribution in [0.1, 0.15) is 71.1 Å². The second kappa shape index (κ2) is 9.75. The van der Waals surface area contributed by atoms with Crippen molar-refractivity contribution in [1.82, 2.24) is 5.32 Å². The van der Waals surface area contributed by atoms with Crippen molar-refractivity contribution in [3.63, 3.8) is 0 Å². The molecule has 5 heteroatoms. The maximum atomic E-state index is 12.8. The second-order valence-corrected chi connectivity index (χ2v) is 8.08. The Morgan fingerprint density at radius 3 is 2.58 bits per heavy atom. The highest BCUT2D eigenvalue weighted by Gasteiger charge is 2.41. The fourth-order valence-corrected chi connectivity index (χ4v) is 4.99. The molecule has 2 aliphatic carbocycles. The van der Waals surface area contributed by atoms with Crippen LogP contribution in [0.3, 0.4) is 0 Å². The van der Waals surface area contributed by atoms with Crippen molar-refractivity contribution >= 4 is 5.91 Å². The Labute approximate surface area is 157 Å². The van der Waals surface area contributed by atoms with Gasteiger partial charge in [0.25, 0.3) is 5.91 Å². The molecular weight excluding hydrogens is 330 g/mol. The van der Waals surface area contributed by atoms with Gasteiger partial charge in [-0.1, -0.05) is 25.7 Å². The van der Waals surface area contributed by atoms with Crippen LogP contribution in [-0.4, -0.2) is 36.6 Å². The van der Waals surface area contributed by atoms with Crippen molar-refractivity contribution < 1.29 is 19.4 Å². The lowest BCUT2D eigenvalue weighted by molar-refractivity contribution is -0.176. The van der Waals surface area contributed by atoms with Crippen molar-refractivity contribution in [2.75, 3.05) is 13.2 Å². The first kappa shape index (κ1) is 19.7. The van der Waals surface area contributed by atoms with Gasteiger partial charge in [0, 0.05) is 25.2 Å². The Morgan fingerprint density at radius 2 is 1.92 bits per heavy atom. The highest BCUT2D eigenvalue weighted by Crippen LogP contribution is 2.43. The minimum Gasteiger partial charge on any atom is -0.459 e. The maximum Gasteiger partial charge on any atom is 0.286 e. The van der Waals surface area contributed by atoms with Crippen LogP contribution >= 0.6 is 0 Å². The van der Waals surface area contributed by atoms with Crippen LogP contribution in [0.5, 0.6) is 0 Å². The lowest BCUT2D eigenvalue weighted by atomic mass is 9.76. The molecule has 0 spiro atoms. The fourth-order valence-electron chi connectivity index (χ4n) is 4.99. The minimum absolute atomic E-state index is 0.0785. The van der Waals surface area contributed by atoms with Crippen LogP contribution in [0.15, 0.2) is 11.8 Å². The third kappa shape index (κ3) is 4.80. The molecule has 2 fully saturated rings. The summed E-state index contributed by atoms with van der Waals surface area (Å²) in [6.07, 6.45) is 12.8. The van der Waals surface area contributed by atoms with Gasteiger partial charge in [0.2, 0.25) is 6.29 Å². The van der Waals surface area contributed by atoms with E-state index in [4.69, 9.17) is 9.47 Å². The molecule has 0 aromatic heterocycles. The molecule has 1 amide bonds. The molecule has 3 aliphatic rings.